The molecule has 3 heterocycles. The molecule has 9 heteroatoms. The van der Waals surface area contributed by atoms with Crippen LogP contribution in [0, 0.1) is 4.77 Å². The van der Waals surface area contributed by atoms with E-state index in [-0.39, 0.29) is 17.5 Å². The maximum absolute atomic E-state index is 11.7. The molecule has 0 aromatic carbocycles. The van der Waals surface area contributed by atoms with Crippen LogP contribution in [0.3, 0.4) is 0 Å². The van der Waals surface area contributed by atoms with Gasteiger partial charge in [-0.25, -0.2) is 13.1 Å². The average molecular weight is 387 g/mol. The Morgan fingerprint density at radius 1 is 1.50 bits per heavy atom. The van der Waals surface area contributed by atoms with Gasteiger partial charge in [0.05, 0.1) is 18.2 Å². The second-order valence-electron chi connectivity index (χ2n) is 6.12. The first kappa shape index (κ1) is 17.8. The van der Waals surface area contributed by atoms with Crippen molar-refractivity contribution in [1.29, 1.82) is 0 Å². The second-order valence-corrected chi connectivity index (χ2v) is 9.74. The molecule has 0 N–H and O–H groups in total. The van der Waals surface area contributed by atoms with Gasteiger partial charge in [-0.15, -0.1) is 11.3 Å². The van der Waals surface area contributed by atoms with Crippen LogP contribution in [-0.4, -0.2) is 51.8 Å². The van der Waals surface area contributed by atoms with Gasteiger partial charge < -0.3 is 4.57 Å². The van der Waals surface area contributed by atoms with Crippen molar-refractivity contribution in [1.82, 2.24) is 19.2 Å². The summed E-state index contributed by atoms with van der Waals surface area (Å²) >= 11 is 7.22. The molecule has 2 aromatic heterocycles. The Hall–Kier alpha value is -1.03. The van der Waals surface area contributed by atoms with Crippen molar-refractivity contribution in [3.63, 3.8) is 0 Å². The van der Waals surface area contributed by atoms with E-state index in [0.717, 1.165) is 18.8 Å². The number of aromatic nitrogens is 3. The van der Waals surface area contributed by atoms with Crippen LogP contribution in [0.25, 0.3) is 0 Å². The van der Waals surface area contributed by atoms with Crippen molar-refractivity contribution in [3.05, 3.63) is 33.0 Å². The minimum Gasteiger partial charge on any atom is -0.307 e. The highest BCUT2D eigenvalue weighted by atomic mass is 32.2. The predicted octanol–water partition coefficient (Wildman–Crippen LogP) is 2.07. The SMILES string of the molecule is CCN(Cn1nc(Cc2cccs2)n(C)c1=S)[C@H]1CCS(=O)(=O)C1. The second kappa shape index (κ2) is 7.07. The molecule has 0 aliphatic carbocycles. The number of thiophene rings is 1. The lowest BCUT2D eigenvalue weighted by atomic mass is 10.2. The highest BCUT2D eigenvalue weighted by Crippen LogP contribution is 2.19. The molecule has 1 atom stereocenters. The van der Waals surface area contributed by atoms with E-state index >= 15 is 0 Å². The van der Waals surface area contributed by atoms with Crippen molar-refractivity contribution in [2.24, 2.45) is 7.05 Å². The van der Waals surface area contributed by atoms with Crippen molar-refractivity contribution < 1.29 is 8.42 Å². The molecule has 1 aliphatic heterocycles. The minimum atomic E-state index is -2.89. The molecule has 0 saturated carbocycles. The summed E-state index contributed by atoms with van der Waals surface area (Å²) in [5.74, 6) is 1.45. The van der Waals surface area contributed by atoms with Crippen LogP contribution in [0.2, 0.25) is 0 Å². The van der Waals surface area contributed by atoms with Crippen molar-refractivity contribution in [3.8, 4) is 0 Å². The third-order valence-electron chi connectivity index (χ3n) is 4.49. The molecule has 1 fully saturated rings. The summed E-state index contributed by atoms with van der Waals surface area (Å²) in [6, 6.07) is 4.18. The molecule has 3 rings (SSSR count). The fourth-order valence-corrected chi connectivity index (χ4v) is 5.72. The summed E-state index contributed by atoms with van der Waals surface area (Å²) in [6.07, 6.45) is 1.45. The summed E-state index contributed by atoms with van der Waals surface area (Å²) in [6.45, 7) is 3.36. The molecule has 24 heavy (non-hydrogen) atoms. The quantitative estimate of drug-likeness (QED) is 0.712. The number of nitrogens with zero attached hydrogens (tertiary/aromatic N) is 4. The van der Waals surface area contributed by atoms with Gasteiger partial charge in [0.2, 0.25) is 0 Å². The minimum absolute atomic E-state index is 0.0599. The van der Waals surface area contributed by atoms with Gasteiger partial charge in [0.25, 0.3) is 0 Å². The van der Waals surface area contributed by atoms with Crippen molar-refractivity contribution in [2.75, 3.05) is 18.1 Å². The Kier molecular flexibility index (Phi) is 5.24. The first-order valence-corrected chi connectivity index (χ1v) is 11.1. The zero-order valence-corrected chi connectivity index (χ0v) is 16.3. The molecule has 0 bridgehead atoms. The summed E-state index contributed by atoms with van der Waals surface area (Å²) < 4.78 is 27.9. The average Bonchev–Trinajstić information content (AvgIpc) is 3.23. The first-order chi connectivity index (χ1) is 11.4. The molecular weight excluding hydrogens is 364 g/mol. The Morgan fingerprint density at radius 3 is 2.88 bits per heavy atom. The third-order valence-corrected chi connectivity index (χ3v) is 7.60. The predicted molar refractivity (Wildman–Crippen MR) is 98.6 cm³/mol. The maximum atomic E-state index is 11.7. The fourth-order valence-electron chi connectivity index (χ4n) is 3.06. The van der Waals surface area contributed by atoms with E-state index in [9.17, 15) is 8.42 Å². The van der Waals surface area contributed by atoms with E-state index in [0.29, 0.717) is 17.9 Å². The van der Waals surface area contributed by atoms with Crippen LogP contribution < -0.4 is 0 Å². The van der Waals surface area contributed by atoms with Crippen LogP contribution >= 0.6 is 23.6 Å². The highest BCUT2D eigenvalue weighted by Gasteiger charge is 2.32. The summed E-state index contributed by atoms with van der Waals surface area (Å²) in [4.78, 5) is 3.40. The molecule has 6 nitrogen and oxygen atoms in total. The van der Waals surface area contributed by atoms with Crippen LogP contribution in [0.5, 0.6) is 0 Å². The van der Waals surface area contributed by atoms with E-state index in [2.05, 4.69) is 21.4 Å². The lowest BCUT2D eigenvalue weighted by molar-refractivity contribution is 0.163. The number of hydrogen-bond donors (Lipinski definition) is 0. The molecule has 2 aromatic rings. The normalized spacial score (nSPS) is 20.0. The van der Waals surface area contributed by atoms with E-state index in [1.807, 2.05) is 29.3 Å². The first-order valence-electron chi connectivity index (χ1n) is 7.99. The lowest BCUT2D eigenvalue weighted by Crippen LogP contribution is -2.37. The Bertz CT molecular complexity index is 852. The van der Waals surface area contributed by atoms with Gasteiger partial charge >= 0.3 is 0 Å². The van der Waals surface area contributed by atoms with Crippen LogP contribution in [0.1, 0.15) is 24.0 Å². The summed E-state index contributed by atoms with van der Waals surface area (Å²) in [7, 11) is -0.956. The van der Waals surface area contributed by atoms with Crippen LogP contribution in [0.4, 0.5) is 0 Å². The summed E-state index contributed by atoms with van der Waals surface area (Å²) in [5.41, 5.74) is 0. The zero-order valence-electron chi connectivity index (χ0n) is 13.9. The highest BCUT2D eigenvalue weighted by molar-refractivity contribution is 7.91. The van der Waals surface area contributed by atoms with Gasteiger partial charge in [-0.3, -0.25) is 4.90 Å². The zero-order chi connectivity index (χ0) is 17.3. The smallest absolute Gasteiger partial charge is 0.198 e. The number of sulfone groups is 1. The monoisotopic (exact) mass is 386 g/mol. The van der Waals surface area contributed by atoms with E-state index in [1.165, 1.54) is 4.88 Å². The van der Waals surface area contributed by atoms with Crippen LogP contribution in [0.15, 0.2) is 17.5 Å². The fraction of sp³-hybridized carbons (Fsp3) is 0.600. The molecule has 1 saturated heterocycles. The molecule has 1 aliphatic rings. The summed E-state index contributed by atoms with van der Waals surface area (Å²) in [5, 5.41) is 6.73. The lowest BCUT2D eigenvalue weighted by Gasteiger charge is -2.25. The number of rotatable bonds is 6. The molecule has 132 valence electrons. The van der Waals surface area contributed by atoms with Gasteiger partial charge in [-0.2, -0.15) is 5.10 Å². The third kappa shape index (κ3) is 3.79. The van der Waals surface area contributed by atoms with E-state index < -0.39 is 9.84 Å². The number of hydrogen-bond acceptors (Lipinski definition) is 6. The van der Waals surface area contributed by atoms with Gasteiger partial charge in [-0.05, 0) is 36.6 Å². The molecule has 0 radical (unpaired) electrons. The Labute approximate surface area is 151 Å². The maximum Gasteiger partial charge on any atom is 0.198 e. The Morgan fingerprint density at radius 2 is 2.29 bits per heavy atom. The van der Waals surface area contributed by atoms with E-state index in [1.54, 1.807) is 11.3 Å². The van der Waals surface area contributed by atoms with Gasteiger partial charge in [0.15, 0.2) is 14.6 Å². The van der Waals surface area contributed by atoms with Crippen molar-refractivity contribution >= 4 is 33.4 Å². The largest absolute Gasteiger partial charge is 0.307 e. The van der Waals surface area contributed by atoms with Gasteiger partial charge in [-0.1, -0.05) is 13.0 Å². The van der Waals surface area contributed by atoms with Gasteiger partial charge in [0.1, 0.15) is 5.82 Å². The van der Waals surface area contributed by atoms with E-state index in [4.69, 9.17) is 12.2 Å². The van der Waals surface area contributed by atoms with Crippen LogP contribution in [-0.2, 0) is 30.0 Å². The molecule has 0 unspecified atom stereocenters. The molecule has 0 amide bonds. The van der Waals surface area contributed by atoms with Crippen molar-refractivity contribution in [2.45, 2.75) is 32.5 Å². The van der Waals surface area contributed by atoms with Gasteiger partial charge in [0, 0.05) is 24.4 Å². The standard InChI is InChI=1S/C15H22N4O2S3/c1-3-18(12-6-8-24(20,21)10-12)11-19-15(22)17(2)14(16-19)9-13-5-4-7-23-13/h4-5,7,12H,3,6,8-11H2,1-2H3/t12-/m0/s1. The topological polar surface area (TPSA) is 60.1 Å². The molecule has 0 spiro atoms. The Balaban J connectivity index is 1.78. The molecular formula is C15H22N4O2S3.